The maximum atomic E-state index is 13.6. The first-order valence-corrected chi connectivity index (χ1v) is 10.8. The summed E-state index contributed by atoms with van der Waals surface area (Å²) in [5.41, 5.74) is 0. The molecule has 0 unspecified atom stereocenters. The van der Waals surface area contributed by atoms with E-state index < -0.39 is 35.6 Å². The number of fused-ring (bicyclic) bond motifs is 1. The number of hydrogen-bond acceptors (Lipinski definition) is 5. The summed E-state index contributed by atoms with van der Waals surface area (Å²) in [6.07, 6.45) is 5.33. The van der Waals surface area contributed by atoms with Crippen molar-refractivity contribution < 1.29 is 38.4 Å². The third-order valence-electron chi connectivity index (χ3n) is 6.22. The number of carbonyl (C=O) groups is 1. The summed E-state index contributed by atoms with van der Waals surface area (Å²) in [6.45, 7) is 0.252. The Morgan fingerprint density at radius 3 is 2.74 bits per heavy atom. The normalized spacial score (nSPS) is 29.5. The fraction of sp³-hybridized carbons (Fsp3) is 0.609. The fourth-order valence-electron chi connectivity index (χ4n) is 4.59. The van der Waals surface area contributed by atoms with Gasteiger partial charge in [-0.1, -0.05) is 18.2 Å². The SMILES string of the molecule is O=C(O)CCC[C@H]1CC[C@@H]2[C@@H](C=C[C@@H](O)COc3c(F)cccc3F)[C@H](O)C[C@@H]2OC1. The Labute approximate surface area is 180 Å². The van der Waals surface area contributed by atoms with Crippen LogP contribution in [0.4, 0.5) is 8.78 Å². The second-order valence-corrected chi connectivity index (χ2v) is 8.46. The van der Waals surface area contributed by atoms with Gasteiger partial charge in [0.1, 0.15) is 12.7 Å². The van der Waals surface area contributed by atoms with Gasteiger partial charge in [-0.25, -0.2) is 8.78 Å². The maximum Gasteiger partial charge on any atom is 0.303 e. The van der Waals surface area contributed by atoms with Crippen LogP contribution >= 0.6 is 0 Å². The molecule has 8 heteroatoms. The van der Waals surface area contributed by atoms with Crippen LogP contribution in [-0.4, -0.2) is 52.8 Å². The molecule has 1 saturated carbocycles. The molecule has 172 valence electrons. The number of halogens is 2. The van der Waals surface area contributed by atoms with Crippen molar-refractivity contribution in [1.29, 1.82) is 0 Å². The van der Waals surface area contributed by atoms with Crippen molar-refractivity contribution in [1.82, 2.24) is 0 Å². The van der Waals surface area contributed by atoms with E-state index in [0.717, 1.165) is 31.4 Å². The molecule has 0 aromatic heterocycles. The lowest BCUT2D eigenvalue weighted by atomic mass is 9.86. The van der Waals surface area contributed by atoms with Gasteiger partial charge in [0.05, 0.1) is 12.2 Å². The Morgan fingerprint density at radius 1 is 1.29 bits per heavy atom. The van der Waals surface area contributed by atoms with E-state index in [-0.39, 0.29) is 31.0 Å². The topological polar surface area (TPSA) is 96.2 Å². The van der Waals surface area contributed by atoms with Crippen LogP contribution in [0, 0.1) is 29.4 Å². The quantitative estimate of drug-likeness (QED) is 0.510. The molecule has 2 aliphatic rings. The molecule has 1 aromatic rings. The predicted molar refractivity (Wildman–Crippen MR) is 109 cm³/mol. The molecule has 3 N–H and O–H groups in total. The number of aliphatic hydroxyl groups excluding tert-OH is 2. The first kappa shape index (κ1) is 23.6. The molecule has 6 atom stereocenters. The van der Waals surface area contributed by atoms with Crippen molar-refractivity contribution >= 4 is 5.97 Å². The molecule has 1 aromatic carbocycles. The number of aliphatic hydroxyl groups is 2. The van der Waals surface area contributed by atoms with Crippen molar-refractivity contribution in [2.75, 3.05) is 13.2 Å². The van der Waals surface area contributed by atoms with Crippen molar-refractivity contribution in [3.05, 3.63) is 42.0 Å². The summed E-state index contributed by atoms with van der Waals surface area (Å²) in [5.74, 6) is -2.77. The summed E-state index contributed by atoms with van der Waals surface area (Å²) in [5, 5.41) is 29.4. The molecular weight excluding hydrogens is 410 g/mol. The lowest BCUT2D eigenvalue weighted by Crippen LogP contribution is -2.22. The molecule has 1 aliphatic heterocycles. The van der Waals surface area contributed by atoms with Crippen LogP contribution in [0.25, 0.3) is 0 Å². The van der Waals surface area contributed by atoms with E-state index in [1.54, 1.807) is 6.08 Å². The van der Waals surface area contributed by atoms with Gasteiger partial charge in [0.2, 0.25) is 0 Å². The van der Waals surface area contributed by atoms with Crippen molar-refractivity contribution in [2.45, 2.75) is 56.8 Å². The number of ether oxygens (including phenoxy) is 2. The lowest BCUT2D eigenvalue weighted by Gasteiger charge is -2.21. The molecule has 3 rings (SSSR count). The second kappa shape index (κ2) is 11.0. The highest BCUT2D eigenvalue weighted by Gasteiger charge is 2.43. The van der Waals surface area contributed by atoms with Crippen LogP contribution in [0.15, 0.2) is 30.4 Å². The molecule has 0 spiro atoms. The van der Waals surface area contributed by atoms with Gasteiger partial charge in [0.25, 0.3) is 0 Å². The number of carboxylic acids is 1. The smallest absolute Gasteiger partial charge is 0.303 e. The molecule has 1 aliphatic carbocycles. The zero-order valence-electron chi connectivity index (χ0n) is 17.3. The molecule has 6 nitrogen and oxygen atoms in total. The third kappa shape index (κ3) is 6.48. The van der Waals surface area contributed by atoms with Gasteiger partial charge in [-0.3, -0.25) is 4.79 Å². The highest BCUT2D eigenvalue weighted by atomic mass is 19.1. The van der Waals surface area contributed by atoms with E-state index in [1.807, 2.05) is 0 Å². The molecule has 31 heavy (non-hydrogen) atoms. The minimum atomic E-state index is -1.08. The average molecular weight is 440 g/mol. The van der Waals surface area contributed by atoms with Gasteiger partial charge >= 0.3 is 5.97 Å². The molecule has 0 radical (unpaired) electrons. The van der Waals surface area contributed by atoms with Gasteiger partial charge in [0.15, 0.2) is 17.4 Å². The highest BCUT2D eigenvalue weighted by Crippen LogP contribution is 2.42. The summed E-state index contributed by atoms with van der Waals surface area (Å²) >= 11 is 0. The monoisotopic (exact) mass is 440 g/mol. The third-order valence-corrected chi connectivity index (χ3v) is 6.22. The fourth-order valence-corrected chi connectivity index (χ4v) is 4.59. The van der Waals surface area contributed by atoms with Crippen LogP contribution in [0.5, 0.6) is 5.75 Å². The summed E-state index contributed by atoms with van der Waals surface area (Å²) in [7, 11) is 0. The van der Waals surface area contributed by atoms with Crippen LogP contribution in [0.1, 0.15) is 38.5 Å². The Balaban J connectivity index is 1.52. The van der Waals surface area contributed by atoms with Crippen LogP contribution in [-0.2, 0) is 9.53 Å². The van der Waals surface area contributed by atoms with Crippen molar-refractivity contribution in [3.63, 3.8) is 0 Å². The Kier molecular flexibility index (Phi) is 8.40. The van der Waals surface area contributed by atoms with Crippen molar-refractivity contribution in [3.8, 4) is 5.75 Å². The lowest BCUT2D eigenvalue weighted by molar-refractivity contribution is -0.137. The summed E-state index contributed by atoms with van der Waals surface area (Å²) in [4.78, 5) is 10.7. The Bertz CT molecular complexity index is 750. The van der Waals surface area contributed by atoms with Crippen molar-refractivity contribution in [2.24, 2.45) is 17.8 Å². The minimum absolute atomic E-state index is 0.0740. The zero-order chi connectivity index (χ0) is 22.4. The van der Waals surface area contributed by atoms with E-state index in [9.17, 15) is 23.8 Å². The molecule has 0 amide bonds. The Morgan fingerprint density at radius 2 is 2.03 bits per heavy atom. The molecule has 1 saturated heterocycles. The standard InChI is InChI=1S/C23H30F2O6/c24-18-4-2-5-19(25)23(18)31-13-15(26)8-10-16-17-9-7-14(3-1-6-22(28)29)12-30-21(17)11-20(16)27/h2,4-5,8,10,14-17,20-21,26-27H,1,3,6-7,9,11-13H2,(H,28,29)/t14-,15+,16+,17+,20+,21-/m0/s1. The van der Waals surface area contributed by atoms with Crippen LogP contribution in [0.3, 0.4) is 0 Å². The number of para-hydroxylation sites is 1. The van der Waals surface area contributed by atoms with E-state index in [1.165, 1.54) is 12.1 Å². The maximum absolute atomic E-state index is 13.6. The van der Waals surface area contributed by atoms with Crippen LogP contribution < -0.4 is 4.74 Å². The first-order chi connectivity index (χ1) is 14.8. The molecule has 1 heterocycles. The van der Waals surface area contributed by atoms with Gasteiger partial charge in [-0.05, 0) is 49.7 Å². The molecule has 0 bridgehead atoms. The first-order valence-electron chi connectivity index (χ1n) is 10.8. The van der Waals surface area contributed by atoms with Gasteiger partial charge in [-0.15, -0.1) is 0 Å². The Hall–Kier alpha value is -2.03. The van der Waals surface area contributed by atoms with Gasteiger partial charge in [0, 0.05) is 25.4 Å². The van der Waals surface area contributed by atoms with Gasteiger partial charge < -0.3 is 24.8 Å². The second-order valence-electron chi connectivity index (χ2n) is 8.46. The largest absolute Gasteiger partial charge is 0.485 e. The number of rotatable bonds is 9. The summed E-state index contributed by atoms with van der Waals surface area (Å²) < 4.78 is 38.3. The predicted octanol–water partition coefficient (Wildman–Crippen LogP) is 3.31. The zero-order valence-corrected chi connectivity index (χ0v) is 17.3. The number of hydrogen-bond donors (Lipinski definition) is 3. The molecule has 2 fully saturated rings. The van der Waals surface area contributed by atoms with E-state index in [0.29, 0.717) is 25.4 Å². The number of aliphatic carboxylic acids is 1. The minimum Gasteiger partial charge on any atom is -0.485 e. The molecular formula is C23H30F2O6. The van der Waals surface area contributed by atoms with E-state index in [2.05, 4.69) is 0 Å². The number of carboxylic acid groups (broad SMARTS) is 1. The average Bonchev–Trinajstić information content (AvgIpc) is 2.87. The van der Waals surface area contributed by atoms with E-state index in [4.69, 9.17) is 14.6 Å². The highest BCUT2D eigenvalue weighted by molar-refractivity contribution is 5.66. The van der Waals surface area contributed by atoms with E-state index >= 15 is 0 Å². The summed E-state index contributed by atoms with van der Waals surface area (Å²) in [6, 6.07) is 3.39. The van der Waals surface area contributed by atoms with Crippen LogP contribution in [0.2, 0.25) is 0 Å². The number of benzene rings is 1. The van der Waals surface area contributed by atoms with Gasteiger partial charge in [-0.2, -0.15) is 0 Å².